The summed E-state index contributed by atoms with van der Waals surface area (Å²) in [6.07, 6.45) is 0. The van der Waals surface area contributed by atoms with Gasteiger partial charge in [0.15, 0.2) is 0 Å². The standard InChI is InChI=1S/C23H26N2O3S2/c1-15-16(2)30-23(24-22(26)19-8-5-13-29-19)20(15)21(25-9-11-28-12-10-25)17-6-4-7-18(14-17)27-3/h4-8,13-14,21H,9-12H2,1-3H3,(H,24,26)/t21-/m1/s1. The van der Waals surface area contributed by atoms with Gasteiger partial charge in [0, 0.05) is 23.5 Å². The summed E-state index contributed by atoms with van der Waals surface area (Å²) in [4.78, 5) is 17.2. The lowest BCUT2D eigenvalue weighted by Crippen LogP contribution is -2.39. The molecular weight excluding hydrogens is 416 g/mol. The summed E-state index contributed by atoms with van der Waals surface area (Å²) >= 11 is 3.10. The molecule has 4 rings (SSSR count). The predicted octanol–water partition coefficient (Wildman–Crippen LogP) is 5.11. The highest BCUT2D eigenvalue weighted by Crippen LogP contribution is 2.43. The van der Waals surface area contributed by atoms with Crippen molar-refractivity contribution in [2.75, 3.05) is 38.7 Å². The van der Waals surface area contributed by atoms with E-state index >= 15 is 0 Å². The maximum Gasteiger partial charge on any atom is 0.266 e. The SMILES string of the molecule is COc1cccc([C@H](c2c(NC(=O)c3cccs3)sc(C)c2C)N2CCOCC2)c1. The number of carbonyl (C=O) groups is 1. The number of rotatable bonds is 6. The van der Waals surface area contributed by atoms with Crippen molar-refractivity contribution in [2.24, 2.45) is 0 Å². The number of carbonyl (C=O) groups excluding carboxylic acids is 1. The first-order valence-electron chi connectivity index (χ1n) is 9.99. The third-order valence-electron chi connectivity index (χ3n) is 5.50. The summed E-state index contributed by atoms with van der Waals surface area (Å²) in [5, 5.41) is 6.04. The molecule has 0 radical (unpaired) electrons. The molecule has 1 aliphatic heterocycles. The molecule has 3 aromatic rings. The van der Waals surface area contributed by atoms with Crippen molar-refractivity contribution in [3.05, 3.63) is 68.2 Å². The Bertz CT molecular complexity index is 1010. The maximum absolute atomic E-state index is 12.8. The molecule has 1 atom stereocenters. The third-order valence-corrected chi connectivity index (χ3v) is 7.50. The van der Waals surface area contributed by atoms with Crippen molar-refractivity contribution in [3.8, 4) is 5.75 Å². The molecule has 0 spiro atoms. The second-order valence-corrected chi connectivity index (χ2v) is 9.46. The summed E-state index contributed by atoms with van der Waals surface area (Å²) in [7, 11) is 1.69. The number of amides is 1. The summed E-state index contributed by atoms with van der Waals surface area (Å²) < 4.78 is 11.1. The number of nitrogens with one attached hydrogen (secondary N) is 1. The average Bonchev–Trinajstić information content (AvgIpc) is 3.40. The zero-order chi connectivity index (χ0) is 21.1. The number of methoxy groups -OCH3 is 1. The fourth-order valence-electron chi connectivity index (χ4n) is 3.85. The molecular formula is C23H26N2O3S2. The van der Waals surface area contributed by atoms with Crippen molar-refractivity contribution in [2.45, 2.75) is 19.9 Å². The molecule has 0 unspecified atom stereocenters. The molecule has 1 aliphatic rings. The third kappa shape index (κ3) is 4.30. The maximum atomic E-state index is 12.8. The van der Waals surface area contributed by atoms with E-state index in [9.17, 15) is 4.79 Å². The Hall–Kier alpha value is -2.19. The van der Waals surface area contributed by atoms with Gasteiger partial charge in [-0.3, -0.25) is 9.69 Å². The van der Waals surface area contributed by atoms with Crippen LogP contribution < -0.4 is 10.1 Å². The van der Waals surface area contributed by atoms with E-state index in [0.717, 1.165) is 35.0 Å². The van der Waals surface area contributed by atoms with Gasteiger partial charge in [-0.25, -0.2) is 0 Å². The van der Waals surface area contributed by atoms with Crippen molar-refractivity contribution >= 4 is 33.6 Å². The van der Waals surface area contributed by atoms with Crippen LogP contribution in [-0.2, 0) is 4.74 Å². The first-order chi connectivity index (χ1) is 14.6. The molecule has 7 heteroatoms. The van der Waals surface area contributed by atoms with Crippen LogP contribution in [0.5, 0.6) is 5.75 Å². The number of benzene rings is 1. The fraction of sp³-hybridized carbons (Fsp3) is 0.348. The highest BCUT2D eigenvalue weighted by atomic mass is 32.1. The molecule has 158 valence electrons. The Morgan fingerprint density at radius 3 is 2.70 bits per heavy atom. The smallest absolute Gasteiger partial charge is 0.266 e. The van der Waals surface area contributed by atoms with Crippen molar-refractivity contribution in [1.29, 1.82) is 0 Å². The van der Waals surface area contributed by atoms with Gasteiger partial charge in [-0.2, -0.15) is 0 Å². The second-order valence-electron chi connectivity index (χ2n) is 7.28. The number of thiophene rings is 2. The monoisotopic (exact) mass is 442 g/mol. The van der Waals surface area contributed by atoms with Gasteiger partial charge in [0.25, 0.3) is 5.91 Å². The van der Waals surface area contributed by atoms with E-state index in [1.54, 1.807) is 18.4 Å². The van der Waals surface area contributed by atoms with E-state index in [0.29, 0.717) is 18.1 Å². The van der Waals surface area contributed by atoms with Crippen LogP contribution in [0.25, 0.3) is 0 Å². The average molecular weight is 443 g/mol. The lowest BCUT2D eigenvalue weighted by molar-refractivity contribution is 0.0240. The topological polar surface area (TPSA) is 50.8 Å². The Labute approximate surface area is 185 Å². The van der Waals surface area contributed by atoms with Gasteiger partial charge in [0.2, 0.25) is 0 Å². The van der Waals surface area contributed by atoms with Crippen molar-refractivity contribution in [3.63, 3.8) is 0 Å². The van der Waals surface area contributed by atoms with E-state index < -0.39 is 0 Å². The van der Waals surface area contributed by atoms with Gasteiger partial charge in [-0.15, -0.1) is 22.7 Å². The molecule has 1 amide bonds. The minimum absolute atomic E-state index is 0.0209. The molecule has 2 aromatic heterocycles. The molecule has 1 N–H and O–H groups in total. The number of anilines is 1. The van der Waals surface area contributed by atoms with Gasteiger partial charge >= 0.3 is 0 Å². The fourth-order valence-corrected chi connectivity index (χ4v) is 5.55. The lowest BCUT2D eigenvalue weighted by atomic mass is 9.94. The largest absolute Gasteiger partial charge is 0.497 e. The summed E-state index contributed by atoms with van der Waals surface area (Å²) in [6, 6.07) is 12.0. The van der Waals surface area contributed by atoms with Crippen LogP contribution in [-0.4, -0.2) is 44.2 Å². The zero-order valence-electron chi connectivity index (χ0n) is 17.4. The molecule has 0 aliphatic carbocycles. The van der Waals surface area contributed by atoms with E-state index in [4.69, 9.17) is 9.47 Å². The van der Waals surface area contributed by atoms with Crippen LogP contribution in [0.1, 0.15) is 37.3 Å². The number of hydrogen-bond acceptors (Lipinski definition) is 6. The number of nitrogens with zero attached hydrogens (tertiary/aromatic N) is 1. The van der Waals surface area contributed by atoms with Gasteiger partial charge in [0.1, 0.15) is 10.8 Å². The number of ether oxygens (including phenoxy) is 2. The van der Waals surface area contributed by atoms with Crippen LogP contribution in [0.15, 0.2) is 41.8 Å². The molecule has 3 heterocycles. The van der Waals surface area contributed by atoms with E-state index in [1.165, 1.54) is 21.8 Å². The Morgan fingerprint density at radius 1 is 1.20 bits per heavy atom. The molecule has 30 heavy (non-hydrogen) atoms. The van der Waals surface area contributed by atoms with Crippen molar-refractivity contribution in [1.82, 2.24) is 4.90 Å². The quantitative estimate of drug-likeness (QED) is 0.576. The predicted molar refractivity (Wildman–Crippen MR) is 123 cm³/mol. The van der Waals surface area contributed by atoms with Crippen LogP contribution in [0.2, 0.25) is 0 Å². The molecule has 0 saturated carbocycles. The van der Waals surface area contributed by atoms with Gasteiger partial charge in [-0.1, -0.05) is 18.2 Å². The van der Waals surface area contributed by atoms with Crippen LogP contribution in [0.4, 0.5) is 5.00 Å². The van der Waals surface area contributed by atoms with Gasteiger partial charge in [0.05, 0.1) is 31.2 Å². The van der Waals surface area contributed by atoms with Crippen LogP contribution in [0.3, 0.4) is 0 Å². The minimum atomic E-state index is -0.0566. The molecule has 1 fully saturated rings. The molecule has 0 bridgehead atoms. The first kappa shape index (κ1) is 21.1. The summed E-state index contributed by atoms with van der Waals surface area (Å²) in [6.45, 7) is 7.37. The molecule has 5 nitrogen and oxygen atoms in total. The van der Waals surface area contributed by atoms with Crippen LogP contribution in [0, 0.1) is 13.8 Å². The number of hydrogen-bond donors (Lipinski definition) is 1. The normalized spacial score (nSPS) is 15.7. The zero-order valence-corrected chi connectivity index (χ0v) is 19.1. The first-order valence-corrected chi connectivity index (χ1v) is 11.7. The van der Waals surface area contributed by atoms with Gasteiger partial charge in [-0.05, 0) is 48.6 Å². The number of morpholine rings is 1. The van der Waals surface area contributed by atoms with E-state index in [1.807, 2.05) is 29.6 Å². The Morgan fingerprint density at radius 2 is 2.00 bits per heavy atom. The van der Waals surface area contributed by atoms with E-state index in [2.05, 4.69) is 36.2 Å². The highest BCUT2D eigenvalue weighted by Gasteiger charge is 2.30. The Kier molecular flexibility index (Phi) is 6.53. The highest BCUT2D eigenvalue weighted by molar-refractivity contribution is 7.17. The minimum Gasteiger partial charge on any atom is -0.497 e. The Balaban J connectivity index is 1.78. The van der Waals surface area contributed by atoms with E-state index in [-0.39, 0.29) is 11.9 Å². The molecule has 1 saturated heterocycles. The molecule has 1 aromatic carbocycles. The summed E-state index contributed by atoms with van der Waals surface area (Å²) in [5.74, 6) is 0.776. The van der Waals surface area contributed by atoms with Crippen molar-refractivity contribution < 1.29 is 14.3 Å². The van der Waals surface area contributed by atoms with Crippen LogP contribution >= 0.6 is 22.7 Å². The summed E-state index contributed by atoms with van der Waals surface area (Å²) in [5.41, 5.74) is 3.54. The number of aryl methyl sites for hydroxylation is 1. The lowest BCUT2D eigenvalue weighted by Gasteiger charge is -2.35. The van der Waals surface area contributed by atoms with Gasteiger partial charge < -0.3 is 14.8 Å². The second kappa shape index (κ2) is 9.31.